The highest BCUT2D eigenvalue weighted by atomic mass is 19.1. The van der Waals surface area contributed by atoms with Crippen LogP contribution in [-0.4, -0.2) is 24.2 Å². The summed E-state index contributed by atoms with van der Waals surface area (Å²) in [5, 5.41) is 8.64. The van der Waals surface area contributed by atoms with E-state index in [1.807, 2.05) is 0 Å². The standard InChI is InChI=1S/C11H11F2NO2/c12-8-5-7(11(15)16)6-9(13)10(8)14-3-1-2-4-14/h5-6H,1-4H2,(H,15,16). The number of carbonyl (C=O) groups is 1. The van der Waals surface area contributed by atoms with Gasteiger partial charge in [0, 0.05) is 13.1 Å². The molecule has 1 aromatic carbocycles. The first kappa shape index (κ1) is 10.9. The van der Waals surface area contributed by atoms with Crippen LogP contribution >= 0.6 is 0 Å². The fraction of sp³-hybridized carbons (Fsp3) is 0.364. The van der Waals surface area contributed by atoms with Gasteiger partial charge in [0.05, 0.1) is 5.56 Å². The molecule has 1 aliphatic heterocycles. The normalized spacial score (nSPS) is 15.5. The van der Waals surface area contributed by atoms with Crippen LogP contribution in [0.3, 0.4) is 0 Å². The monoisotopic (exact) mass is 227 g/mol. The number of aromatic carboxylic acids is 1. The molecular formula is C11H11F2NO2. The highest BCUT2D eigenvalue weighted by molar-refractivity contribution is 5.88. The number of anilines is 1. The first-order valence-electron chi connectivity index (χ1n) is 5.07. The molecule has 0 amide bonds. The van der Waals surface area contributed by atoms with Crippen molar-refractivity contribution in [2.45, 2.75) is 12.8 Å². The Morgan fingerprint density at radius 3 is 2.12 bits per heavy atom. The lowest BCUT2D eigenvalue weighted by Gasteiger charge is -2.19. The Morgan fingerprint density at radius 2 is 1.69 bits per heavy atom. The van der Waals surface area contributed by atoms with Gasteiger partial charge in [0.25, 0.3) is 0 Å². The SMILES string of the molecule is O=C(O)c1cc(F)c(N2CCCC2)c(F)c1. The minimum Gasteiger partial charge on any atom is -0.478 e. The zero-order chi connectivity index (χ0) is 11.7. The van der Waals surface area contributed by atoms with E-state index in [4.69, 9.17) is 5.11 Å². The zero-order valence-electron chi connectivity index (χ0n) is 8.54. The van der Waals surface area contributed by atoms with Gasteiger partial charge in [-0.25, -0.2) is 13.6 Å². The van der Waals surface area contributed by atoms with Crippen LogP contribution in [0.2, 0.25) is 0 Å². The molecule has 1 N–H and O–H groups in total. The van der Waals surface area contributed by atoms with Crippen LogP contribution in [0.5, 0.6) is 0 Å². The van der Waals surface area contributed by atoms with Crippen molar-refractivity contribution in [3.05, 3.63) is 29.3 Å². The molecule has 1 heterocycles. The number of hydrogen-bond donors (Lipinski definition) is 1. The Bertz CT molecular complexity index is 405. The van der Waals surface area contributed by atoms with E-state index >= 15 is 0 Å². The summed E-state index contributed by atoms with van der Waals surface area (Å²) in [5.74, 6) is -2.94. The molecule has 1 aliphatic rings. The molecule has 0 spiro atoms. The molecule has 0 atom stereocenters. The van der Waals surface area contributed by atoms with Gasteiger partial charge in [-0.05, 0) is 25.0 Å². The van der Waals surface area contributed by atoms with Crippen LogP contribution in [0.4, 0.5) is 14.5 Å². The Balaban J connectivity index is 2.42. The Kier molecular flexibility index (Phi) is 2.77. The Morgan fingerprint density at radius 1 is 1.19 bits per heavy atom. The summed E-state index contributed by atoms with van der Waals surface area (Å²) >= 11 is 0. The van der Waals surface area contributed by atoms with Crippen LogP contribution in [0.25, 0.3) is 0 Å². The third-order valence-electron chi connectivity index (χ3n) is 2.69. The second-order valence-corrected chi connectivity index (χ2v) is 3.79. The molecule has 1 aromatic rings. The second-order valence-electron chi connectivity index (χ2n) is 3.79. The van der Waals surface area contributed by atoms with Gasteiger partial charge in [-0.2, -0.15) is 0 Å². The summed E-state index contributed by atoms with van der Waals surface area (Å²) in [6.45, 7) is 1.22. The zero-order valence-corrected chi connectivity index (χ0v) is 8.54. The van der Waals surface area contributed by atoms with Crippen LogP contribution in [-0.2, 0) is 0 Å². The fourth-order valence-corrected chi connectivity index (χ4v) is 1.93. The highest BCUT2D eigenvalue weighted by Crippen LogP contribution is 2.27. The number of halogens is 2. The van der Waals surface area contributed by atoms with Crippen molar-refractivity contribution in [1.82, 2.24) is 0 Å². The quantitative estimate of drug-likeness (QED) is 0.842. The molecule has 3 nitrogen and oxygen atoms in total. The summed E-state index contributed by atoms with van der Waals surface area (Å²) in [4.78, 5) is 12.2. The van der Waals surface area contributed by atoms with Gasteiger partial charge >= 0.3 is 5.97 Å². The van der Waals surface area contributed by atoms with Gasteiger partial charge in [-0.3, -0.25) is 0 Å². The summed E-state index contributed by atoms with van der Waals surface area (Å²) in [6.07, 6.45) is 1.80. The largest absolute Gasteiger partial charge is 0.478 e. The van der Waals surface area contributed by atoms with Crippen molar-refractivity contribution < 1.29 is 18.7 Å². The van der Waals surface area contributed by atoms with Gasteiger partial charge in [0.15, 0.2) is 0 Å². The average Bonchev–Trinajstić information content (AvgIpc) is 2.69. The van der Waals surface area contributed by atoms with Gasteiger partial charge in [-0.1, -0.05) is 0 Å². The third kappa shape index (κ3) is 1.85. The lowest BCUT2D eigenvalue weighted by Crippen LogP contribution is -2.21. The minimum absolute atomic E-state index is 0.109. The van der Waals surface area contributed by atoms with E-state index in [0.717, 1.165) is 25.0 Å². The number of carboxylic acids is 1. The van der Waals surface area contributed by atoms with Crippen LogP contribution < -0.4 is 4.90 Å². The lowest BCUT2D eigenvalue weighted by molar-refractivity contribution is 0.0696. The van der Waals surface area contributed by atoms with Crippen molar-refractivity contribution in [3.8, 4) is 0 Å². The van der Waals surface area contributed by atoms with Crippen molar-refractivity contribution in [1.29, 1.82) is 0 Å². The Hall–Kier alpha value is -1.65. The molecule has 0 bridgehead atoms. The molecule has 2 rings (SSSR count). The number of carboxylic acid groups (broad SMARTS) is 1. The van der Waals surface area contributed by atoms with E-state index in [9.17, 15) is 13.6 Å². The maximum Gasteiger partial charge on any atom is 0.335 e. The van der Waals surface area contributed by atoms with Crippen molar-refractivity contribution in [2.75, 3.05) is 18.0 Å². The lowest BCUT2D eigenvalue weighted by atomic mass is 10.1. The topological polar surface area (TPSA) is 40.5 Å². The molecule has 5 heteroatoms. The molecule has 0 aromatic heterocycles. The highest BCUT2D eigenvalue weighted by Gasteiger charge is 2.22. The molecule has 1 saturated heterocycles. The maximum atomic E-state index is 13.6. The van der Waals surface area contributed by atoms with Crippen molar-refractivity contribution in [2.24, 2.45) is 0 Å². The van der Waals surface area contributed by atoms with E-state index in [2.05, 4.69) is 0 Å². The summed E-state index contributed by atoms with van der Waals surface area (Å²) in [5.41, 5.74) is -0.472. The summed E-state index contributed by atoms with van der Waals surface area (Å²) in [7, 11) is 0. The van der Waals surface area contributed by atoms with E-state index < -0.39 is 17.6 Å². The summed E-state index contributed by atoms with van der Waals surface area (Å²) < 4.78 is 27.2. The van der Waals surface area contributed by atoms with E-state index in [1.54, 1.807) is 4.90 Å². The van der Waals surface area contributed by atoms with E-state index in [-0.39, 0.29) is 11.3 Å². The Labute approximate surface area is 91.3 Å². The maximum absolute atomic E-state index is 13.6. The van der Waals surface area contributed by atoms with Gasteiger partial charge in [0.1, 0.15) is 17.3 Å². The van der Waals surface area contributed by atoms with Crippen molar-refractivity contribution >= 4 is 11.7 Å². The molecule has 86 valence electrons. The predicted molar refractivity (Wildman–Crippen MR) is 54.8 cm³/mol. The fourth-order valence-electron chi connectivity index (χ4n) is 1.93. The number of hydrogen-bond acceptors (Lipinski definition) is 2. The van der Waals surface area contributed by atoms with Crippen LogP contribution in [0, 0.1) is 11.6 Å². The van der Waals surface area contributed by atoms with Crippen molar-refractivity contribution in [3.63, 3.8) is 0 Å². The second kappa shape index (κ2) is 4.08. The molecule has 0 unspecified atom stereocenters. The molecule has 16 heavy (non-hydrogen) atoms. The number of nitrogens with zero attached hydrogens (tertiary/aromatic N) is 1. The molecular weight excluding hydrogens is 216 g/mol. The van der Waals surface area contributed by atoms with Gasteiger partial charge in [-0.15, -0.1) is 0 Å². The van der Waals surface area contributed by atoms with Gasteiger partial charge < -0.3 is 10.0 Å². The third-order valence-corrected chi connectivity index (χ3v) is 2.69. The summed E-state index contributed by atoms with van der Waals surface area (Å²) in [6, 6.07) is 1.72. The van der Waals surface area contributed by atoms with E-state index in [0.29, 0.717) is 13.1 Å². The van der Waals surface area contributed by atoms with Crippen LogP contribution in [0.15, 0.2) is 12.1 Å². The van der Waals surface area contributed by atoms with E-state index in [1.165, 1.54) is 0 Å². The predicted octanol–water partition coefficient (Wildman–Crippen LogP) is 2.26. The van der Waals surface area contributed by atoms with Gasteiger partial charge in [0.2, 0.25) is 0 Å². The number of benzene rings is 1. The first-order chi connectivity index (χ1) is 7.59. The molecule has 0 saturated carbocycles. The molecule has 0 aliphatic carbocycles. The van der Waals surface area contributed by atoms with Crippen LogP contribution in [0.1, 0.15) is 23.2 Å². The number of rotatable bonds is 2. The first-order valence-corrected chi connectivity index (χ1v) is 5.07. The minimum atomic E-state index is -1.33. The molecule has 1 fully saturated rings. The average molecular weight is 227 g/mol. The molecule has 0 radical (unpaired) electrons. The smallest absolute Gasteiger partial charge is 0.335 e.